The zero-order valence-electron chi connectivity index (χ0n) is 7.38. The largest absolute Gasteiger partial charge is 0.508 e. The number of phenolic OH excluding ortho intramolecular Hbond substituents is 1. The van der Waals surface area contributed by atoms with Crippen LogP contribution in [0.3, 0.4) is 0 Å². The molecule has 1 aromatic rings. The summed E-state index contributed by atoms with van der Waals surface area (Å²) in [5.41, 5.74) is 2.38. The second-order valence-electron chi connectivity index (χ2n) is 3.71. The van der Waals surface area contributed by atoms with Crippen molar-refractivity contribution in [3.63, 3.8) is 0 Å². The highest BCUT2D eigenvalue weighted by atomic mass is 16.3. The molecule has 0 aromatic heterocycles. The van der Waals surface area contributed by atoms with Gasteiger partial charge in [-0.3, -0.25) is 0 Å². The van der Waals surface area contributed by atoms with Crippen LogP contribution in [0.15, 0.2) is 18.2 Å². The molecule has 1 nitrogen and oxygen atoms in total. The zero-order chi connectivity index (χ0) is 8.55. The van der Waals surface area contributed by atoms with Gasteiger partial charge in [0.05, 0.1) is 0 Å². The first kappa shape index (κ1) is 7.66. The predicted molar refractivity (Wildman–Crippen MR) is 49.3 cm³/mol. The maximum absolute atomic E-state index is 9.43. The normalized spacial score (nSPS) is 16.4. The van der Waals surface area contributed by atoms with Crippen LogP contribution in [0, 0.1) is 12.8 Å². The van der Waals surface area contributed by atoms with Crippen LogP contribution in [0.2, 0.25) is 0 Å². The second kappa shape index (κ2) is 2.81. The van der Waals surface area contributed by atoms with Crippen molar-refractivity contribution >= 4 is 0 Å². The fourth-order valence-corrected chi connectivity index (χ4v) is 1.52. The third kappa shape index (κ3) is 1.45. The number of phenols is 1. The van der Waals surface area contributed by atoms with E-state index < -0.39 is 0 Å². The summed E-state index contributed by atoms with van der Waals surface area (Å²) in [6.45, 7) is 1.99. The highest BCUT2D eigenvalue weighted by molar-refractivity contribution is 5.38. The fraction of sp³-hybridized carbons (Fsp3) is 0.455. The Labute approximate surface area is 73.0 Å². The van der Waals surface area contributed by atoms with Crippen molar-refractivity contribution in [1.82, 2.24) is 0 Å². The first-order valence-corrected chi connectivity index (χ1v) is 4.55. The Balaban J connectivity index is 2.23. The van der Waals surface area contributed by atoms with E-state index in [1.807, 2.05) is 13.0 Å². The summed E-state index contributed by atoms with van der Waals surface area (Å²) in [6, 6.07) is 5.80. The van der Waals surface area contributed by atoms with Crippen molar-refractivity contribution in [2.75, 3.05) is 0 Å². The molecule has 1 heteroatoms. The molecule has 1 aliphatic carbocycles. The molecule has 0 saturated heterocycles. The molecule has 12 heavy (non-hydrogen) atoms. The molecular formula is C11H14O. The molecule has 0 aliphatic heterocycles. The van der Waals surface area contributed by atoms with E-state index in [0.29, 0.717) is 5.75 Å². The first-order valence-electron chi connectivity index (χ1n) is 4.55. The number of hydrogen-bond donors (Lipinski definition) is 1. The molecule has 1 aliphatic rings. The molecule has 64 valence electrons. The van der Waals surface area contributed by atoms with Crippen LogP contribution < -0.4 is 0 Å². The first-order chi connectivity index (χ1) is 5.77. The number of benzene rings is 1. The van der Waals surface area contributed by atoms with E-state index in [4.69, 9.17) is 0 Å². The minimum absolute atomic E-state index is 0.438. The number of aromatic hydroxyl groups is 1. The van der Waals surface area contributed by atoms with Crippen molar-refractivity contribution < 1.29 is 5.11 Å². The van der Waals surface area contributed by atoms with Gasteiger partial charge in [0.15, 0.2) is 0 Å². The highest BCUT2D eigenvalue weighted by Crippen LogP contribution is 2.34. The number of hydrogen-bond acceptors (Lipinski definition) is 1. The standard InChI is InChI=1S/C11H14O/c1-8-10(7-9-5-6-9)3-2-4-11(8)12/h2-4,9,12H,5-7H2,1H3. The number of rotatable bonds is 2. The lowest BCUT2D eigenvalue weighted by atomic mass is 10.0. The second-order valence-corrected chi connectivity index (χ2v) is 3.71. The van der Waals surface area contributed by atoms with Crippen LogP contribution in [0.4, 0.5) is 0 Å². The maximum atomic E-state index is 9.43. The third-order valence-electron chi connectivity index (χ3n) is 2.62. The Morgan fingerprint density at radius 2 is 2.17 bits per heavy atom. The van der Waals surface area contributed by atoms with Gasteiger partial charge in [0.1, 0.15) is 5.75 Å². The molecule has 0 radical (unpaired) electrons. The SMILES string of the molecule is Cc1c(O)cccc1CC1CC1. The van der Waals surface area contributed by atoms with E-state index in [9.17, 15) is 5.11 Å². The van der Waals surface area contributed by atoms with E-state index in [1.165, 1.54) is 18.4 Å². The summed E-state index contributed by atoms with van der Waals surface area (Å²) < 4.78 is 0. The molecule has 1 saturated carbocycles. The average Bonchev–Trinajstić information content (AvgIpc) is 2.83. The minimum atomic E-state index is 0.438. The molecule has 0 spiro atoms. The van der Waals surface area contributed by atoms with Gasteiger partial charge in [-0.25, -0.2) is 0 Å². The predicted octanol–water partition coefficient (Wildman–Crippen LogP) is 2.65. The summed E-state index contributed by atoms with van der Waals surface area (Å²) in [6.07, 6.45) is 3.89. The van der Waals surface area contributed by atoms with Crippen molar-refractivity contribution in [3.8, 4) is 5.75 Å². The quantitative estimate of drug-likeness (QED) is 0.708. The summed E-state index contributed by atoms with van der Waals surface area (Å²) in [4.78, 5) is 0. The zero-order valence-corrected chi connectivity index (χ0v) is 7.38. The van der Waals surface area contributed by atoms with Gasteiger partial charge >= 0.3 is 0 Å². The smallest absolute Gasteiger partial charge is 0.118 e. The minimum Gasteiger partial charge on any atom is -0.508 e. The molecule has 1 fully saturated rings. The lowest BCUT2D eigenvalue weighted by Crippen LogP contribution is -1.90. The summed E-state index contributed by atoms with van der Waals surface area (Å²) in [5, 5.41) is 9.43. The molecule has 1 N–H and O–H groups in total. The Morgan fingerprint density at radius 3 is 2.83 bits per heavy atom. The van der Waals surface area contributed by atoms with Crippen LogP contribution in [0.5, 0.6) is 5.75 Å². The van der Waals surface area contributed by atoms with Gasteiger partial charge < -0.3 is 5.11 Å². The Morgan fingerprint density at radius 1 is 1.42 bits per heavy atom. The Kier molecular flexibility index (Phi) is 1.80. The van der Waals surface area contributed by atoms with E-state index in [1.54, 1.807) is 6.07 Å². The molecule has 0 atom stereocenters. The van der Waals surface area contributed by atoms with Gasteiger partial charge in [0.25, 0.3) is 0 Å². The highest BCUT2D eigenvalue weighted by Gasteiger charge is 2.22. The maximum Gasteiger partial charge on any atom is 0.118 e. The van der Waals surface area contributed by atoms with Gasteiger partial charge in [-0.1, -0.05) is 12.1 Å². The van der Waals surface area contributed by atoms with Crippen LogP contribution >= 0.6 is 0 Å². The molecule has 0 amide bonds. The van der Waals surface area contributed by atoms with E-state index in [2.05, 4.69) is 6.07 Å². The molecule has 0 bridgehead atoms. The molecule has 1 aromatic carbocycles. The van der Waals surface area contributed by atoms with Crippen LogP contribution in [0.25, 0.3) is 0 Å². The van der Waals surface area contributed by atoms with Gasteiger partial charge in [-0.15, -0.1) is 0 Å². The van der Waals surface area contributed by atoms with Crippen LogP contribution in [-0.2, 0) is 6.42 Å². The lowest BCUT2D eigenvalue weighted by Gasteiger charge is -2.05. The Bertz CT molecular complexity index is 287. The summed E-state index contributed by atoms with van der Waals surface area (Å²) in [7, 11) is 0. The third-order valence-corrected chi connectivity index (χ3v) is 2.62. The monoisotopic (exact) mass is 162 g/mol. The molecule has 0 heterocycles. The van der Waals surface area contributed by atoms with E-state index in [-0.39, 0.29) is 0 Å². The van der Waals surface area contributed by atoms with Crippen molar-refractivity contribution in [2.45, 2.75) is 26.2 Å². The molecule has 2 rings (SSSR count). The van der Waals surface area contributed by atoms with E-state index in [0.717, 1.165) is 17.9 Å². The average molecular weight is 162 g/mol. The van der Waals surface area contributed by atoms with Crippen molar-refractivity contribution in [3.05, 3.63) is 29.3 Å². The summed E-state index contributed by atoms with van der Waals surface area (Å²) in [5.74, 6) is 1.33. The van der Waals surface area contributed by atoms with Gasteiger partial charge in [0, 0.05) is 0 Å². The van der Waals surface area contributed by atoms with Crippen molar-refractivity contribution in [2.24, 2.45) is 5.92 Å². The van der Waals surface area contributed by atoms with Gasteiger partial charge in [-0.2, -0.15) is 0 Å². The van der Waals surface area contributed by atoms with Gasteiger partial charge in [0.2, 0.25) is 0 Å². The van der Waals surface area contributed by atoms with Crippen molar-refractivity contribution in [1.29, 1.82) is 0 Å². The van der Waals surface area contributed by atoms with Gasteiger partial charge in [-0.05, 0) is 49.3 Å². The van der Waals surface area contributed by atoms with Crippen LogP contribution in [0.1, 0.15) is 24.0 Å². The van der Waals surface area contributed by atoms with Crippen LogP contribution in [-0.4, -0.2) is 5.11 Å². The topological polar surface area (TPSA) is 20.2 Å². The molecular weight excluding hydrogens is 148 g/mol. The summed E-state index contributed by atoms with van der Waals surface area (Å²) >= 11 is 0. The fourth-order valence-electron chi connectivity index (χ4n) is 1.52. The molecule has 0 unspecified atom stereocenters. The Hall–Kier alpha value is -0.980. The van der Waals surface area contributed by atoms with E-state index >= 15 is 0 Å². The lowest BCUT2D eigenvalue weighted by molar-refractivity contribution is 0.470.